The number of carbonyl (C=O) groups is 1. The van der Waals surface area contributed by atoms with Crippen LogP contribution in [0.25, 0.3) is 0 Å². The van der Waals surface area contributed by atoms with Gasteiger partial charge in [0.2, 0.25) is 5.91 Å². The highest BCUT2D eigenvalue weighted by Gasteiger charge is 2.14. The van der Waals surface area contributed by atoms with E-state index in [2.05, 4.69) is 10.6 Å². The van der Waals surface area contributed by atoms with Gasteiger partial charge in [0.25, 0.3) is 0 Å². The topological polar surface area (TPSA) is 50.4 Å². The molecule has 1 rings (SSSR count). The summed E-state index contributed by atoms with van der Waals surface area (Å²) in [5.41, 5.74) is 0. The largest absolute Gasteiger partial charge is 0.378 e. The zero-order chi connectivity index (χ0) is 10.2. The molecule has 0 aromatic rings. The maximum atomic E-state index is 11.0. The second-order valence-corrected chi connectivity index (χ2v) is 3.55. The molecule has 1 aliphatic rings. The number of amides is 1. The lowest BCUT2D eigenvalue weighted by Gasteiger charge is -2.09. The van der Waals surface area contributed by atoms with Crippen molar-refractivity contribution in [1.29, 1.82) is 0 Å². The van der Waals surface area contributed by atoms with E-state index in [1.54, 1.807) is 0 Å². The van der Waals surface area contributed by atoms with Crippen molar-refractivity contribution in [2.75, 3.05) is 26.2 Å². The van der Waals surface area contributed by atoms with Crippen molar-refractivity contribution in [3.05, 3.63) is 0 Å². The number of nitrogens with one attached hydrogen (secondary N) is 2. The molecule has 1 unspecified atom stereocenters. The van der Waals surface area contributed by atoms with Gasteiger partial charge >= 0.3 is 0 Å². The molecule has 1 amide bonds. The van der Waals surface area contributed by atoms with Crippen molar-refractivity contribution in [1.82, 2.24) is 10.6 Å². The van der Waals surface area contributed by atoms with E-state index in [1.165, 1.54) is 12.8 Å². The van der Waals surface area contributed by atoms with E-state index in [9.17, 15) is 4.79 Å². The maximum absolute atomic E-state index is 11.0. The molecule has 1 fully saturated rings. The van der Waals surface area contributed by atoms with Gasteiger partial charge in [0.1, 0.15) is 0 Å². The molecular weight excluding hydrogens is 180 g/mol. The fourth-order valence-corrected chi connectivity index (χ4v) is 1.60. The minimum atomic E-state index is 0.0693. The average Bonchev–Trinajstić information content (AvgIpc) is 2.65. The minimum Gasteiger partial charge on any atom is -0.378 e. The molecule has 0 aliphatic carbocycles. The Labute approximate surface area is 85.4 Å². The molecule has 0 aromatic carbocycles. The van der Waals surface area contributed by atoms with E-state index in [0.29, 0.717) is 19.2 Å². The molecule has 0 bridgehead atoms. The van der Waals surface area contributed by atoms with E-state index < -0.39 is 0 Å². The maximum Gasteiger partial charge on any atom is 0.233 e. The second kappa shape index (κ2) is 6.79. The molecule has 1 saturated heterocycles. The predicted molar refractivity (Wildman–Crippen MR) is 55.1 cm³/mol. The number of rotatable bonds is 6. The van der Waals surface area contributed by atoms with E-state index in [0.717, 1.165) is 19.6 Å². The molecular formula is C10H20N2O2. The molecule has 2 N–H and O–H groups in total. The van der Waals surface area contributed by atoms with Crippen LogP contribution in [-0.4, -0.2) is 38.3 Å². The monoisotopic (exact) mass is 200 g/mol. The molecule has 0 aromatic heterocycles. The zero-order valence-corrected chi connectivity index (χ0v) is 8.84. The Balaban J connectivity index is 1.90. The van der Waals surface area contributed by atoms with Crippen molar-refractivity contribution >= 4 is 5.91 Å². The Bertz CT molecular complexity index is 168. The van der Waals surface area contributed by atoms with Crippen LogP contribution in [0.1, 0.15) is 26.2 Å². The first-order valence-electron chi connectivity index (χ1n) is 5.42. The van der Waals surface area contributed by atoms with Crippen LogP contribution in [0.15, 0.2) is 0 Å². The summed E-state index contributed by atoms with van der Waals surface area (Å²) < 4.78 is 5.47. The fourth-order valence-electron chi connectivity index (χ4n) is 1.60. The lowest BCUT2D eigenvalue weighted by Crippen LogP contribution is -2.34. The van der Waals surface area contributed by atoms with Gasteiger partial charge in [-0.25, -0.2) is 0 Å². The number of hydrogen-bond acceptors (Lipinski definition) is 3. The van der Waals surface area contributed by atoms with Gasteiger partial charge in [-0.05, 0) is 32.7 Å². The molecule has 82 valence electrons. The molecule has 1 aliphatic heterocycles. The molecule has 0 radical (unpaired) electrons. The van der Waals surface area contributed by atoms with Crippen LogP contribution >= 0.6 is 0 Å². The van der Waals surface area contributed by atoms with Gasteiger partial charge in [0.15, 0.2) is 0 Å². The summed E-state index contributed by atoms with van der Waals surface area (Å²) in [4.78, 5) is 11.0. The fraction of sp³-hybridized carbons (Fsp3) is 0.900. The van der Waals surface area contributed by atoms with Gasteiger partial charge in [-0.2, -0.15) is 0 Å². The highest BCUT2D eigenvalue weighted by Crippen LogP contribution is 2.14. The summed E-state index contributed by atoms with van der Waals surface area (Å²) in [7, 11) is 0. The summed E-state index contributed by atoms with van der Waals surface area (Å²) >= 11 is 0. The van der Waals surface area contributed by atoms with Crippen LogP contribution in [0.3, 0.4) is 0 Å². The number of carbonyl (C=O) groups excluding carboxylic acids is 1. The van der Waals surface area contributed by atoms with Crippen LogP contribution in [0, 0.1) is 0 Å². The lowest BCUT2D eigenvalue weighted by atomic mass is 10.2. The highest BCUT2D eigenvalue weighted by atomic mass is 16.5. The van der Waals surface area contributed by atoms with Crippen molar-refractivity contribution in [3.8, 4) is 0 Å². The van der Waals surface area contributed by atoms with Crippen LogP contribution in [0.2, 0.25) is 0 Å². The summed E-state index contributed by atoms with van der Waals surface area (Å²) in [6.45, 7) is 4.81. The van der Waals surface area contributed by atoms with Crippen molar-refractivity contribution in [2.24, 2.45) is 0 Å². The van der Waals surface area contributed by atoms with Crippen LogP contribution in [0.4, 0.5) is 0 Å². The van der Waals surface area contributed by atoms with Crippen molar-refractivity contribution < 1.29 is 9.53 Å². The summed E-state index contributed by atoms with van der Waals surface area (Å²) in [5.74, 6) is 0.0693. The third kappa shape index (κ3) is 4.58. The Morgan fingerprint density at radius 1 is 1.57 bits per heavy atom. The lowest BCUT2D eigenvalue weighted by molar-refractivity contribution is -0.120. The molecule has 0 saturated carbocycles. The van der Waals surface area contributed by atoms with Gasteiger partial charge < -0.3 is 15.4 Å². The first kappa shape index (κ1) is 11.5. The Kier molecular flexibility index (Phi) is 5.56. The third-order valence-electron chi connectivity index (χ3n) is 2.33. The standard InChI is InChI=1S/C10H20N2O2/c1-2-12-10(13)8-11-6-5-9-4-3-7-14-9/h9,11H,2-8H2,1H3,(H,12,13). The minimum absolute atomic E-state index is 0.0693. The third-order valence-corrected chi connectivity index (χ3v) is 2.33. The van der Waals surface area contributed by atoms with Crippen molar-refractivity contribution in [2.45, 2.75) is 32.3 Å². The predicted octanol–water partition coefficient (Wildman–Crippen LogP) is 0.281. The van der Waals surface area contributed by atoms with Crippen LogP contribution < -0.4 is 10.6 Å². The average molecular weight is 200 g/mol. The Morgan fingerprint density at radius 3 is 3.07 bits per heavy atom. The Hall–Kier alpha value is -0.610. The van der Waals surface area contributed by atoms with Gasteiger partial charge in [0.05, 0.1) is 12.6 Å². The van der Waals surface area contributed by atoms with E-state index in [-0.39, 0.29) is 5.91 Å². The normalized spacial score (nSPS) is 21.1. The summed E-state index contributed by atoms with van der Waals surface area (Å²) in [5, 5.41) is 5.85. The second-order valence-electron chi connectivity index (χ2n) is 3.55. The van der Waals surface area contributed by atoms with E-state index in [4.69, 9.17) is 4.74 Å². The number of hydrogen-bond donors (Lipinski definition) is 2. The number of ether oxygens (including phenoxy) is 1. The molecule has 4 heteroatoms. The summed E-state index contributed by atoms with van der Waals surface area (Å²) in [6.07, 6.45) is 3.78. The number of likely N-dealkylation sites (N-methyl/N-ethyl adjacent to an activating group) is 1. The summed E-state index contributed by atoms with van der Waals surface area (Å²) in [6, 6.07) is 0. The molecule has 14 heavy (non-hydrogen) atoms. The smallest absolute Gasteiger partial charge is 0.233 e. The van der Waals surface area contributed by atoms with Crippen LogP contribution in [0.5, 0.6) is 0 Å². The van der Waals surface area contributed by atoms with E-state index in [1.807, 2.05) is 6.92 Å². The van der Waals surface area contributed by atoms with Gasteiger partial charge in [-0.3, -0.25) is 4.79 Å². The highest BCUT2D eigenvalue weighted by molar-refractivity contribution is 5.77. The Morgan fingerprint density at radius 2 is 2.43 bits per heavy atom. The SMILES string of the molecule is CCNC(=O)CNCCC1CCCO1. The quantitative estimate of drug-likeness (QED) is 0.606. The van der Waals surface area contributed by atoms with Gasteiger partial charge in [-0.15, -0.1) is 0 Å². The first-order valence-corrected chi connectivity index (χ1v) is 5.42. The molecule has 4 nitrogen and oxygen atoms in total. The zero-order valence-electron chi connectivity index (χ0n) is 8.84. The van der Waals surface area contributed by atoms with Crippen molar-refractivity contribution in [3.63, 3.8) is 0 Å². The first-order chi connectivity index (χ1) is 6.83. The van der Waals surface area contributed by atoms with Gasteiger partial charge in [-0.1, -0.05) is 0 Å². The van der Waals surface area contributed by atoms with Gasteiger partial charge in [0, 0.05) is 13.2 Å². The molecule has 1 heterocycles. The molecule has 0 spiro atoms. The van der Waals surface area contributed by atoms with Crippen LogP contribution in [-0.2, 0) is 9.53 Å². The molecule has 1 atom stereocenters. The van der Waals surface area contributed by atoms with E-state index >= 15 is 0 Å².